The molecule has 0 spiro atoms. The smallest absolute Gasteiger partial charge is 0.147 e. The predicted molar refractivity (Wildman–Crippen MR) is 60.9 cm³/mol. The highest BCUT2D eigenvalue weighted by Gasteiger charge is 2.06. The van der Waals surface area contributed by atoms with Crippen molar-refractivity contribution in [3.05, 3.63) is 17.3 Å². The minimum Gasteiger partial charge on any atom is -0.369 e. The van der Waals surface area contributed by atoms with E-state index in [1.54, 1.807) is 17.7 Å². The van der Waals surface area contributed by atoms with Crippen LogP contribution in [0.3, 0.4) is 0 Å². The average molecular weight is 207 g/mol. The molecule has 3 nitrogen and oxygen atoms in total. The van der Waals surface area contributed by atoms with Crippen LogP contribution in [0, 0.1) is 6.92 Å². The molecule has 0 aliphatic rings. The lowest BCUT2D eigenvalue weighted by molar-refractivity contribution is 0.970. The molecule has 0 radical (unpaired) electrons. The number of anilines is 1. The van der Waals surface area contributed by atoms with Crippen molar-refractivity contribution in [3.63, 3.8) is 0 Å². The van der Waals surface area contributed by atoms with Gasteiger partial charge in [0.15, 0.2) is 0 Å². The molecule has 0 aliphatic heterocycles. The number of hydrogen-bond donors (Lipinski definition) is 1. The zero-order chi connectivity index (χ0) is 9.97. The van der Waals surface area contributed by atoms with Crippen LogP contribution in [0.15, 0.2) is 11.7 Å². The first-order chi connectivity index (χ1) is 6.83. The molecule has 0 aliphatic carbocycles. The lowest BCUT2D eigenvalue weighted by atomic mass is 10.3. The quantitative estimate of drug-likeness (QED) is 0.841. The maximum atomic E-state index is 4.27. The topological polar surface area (TPSA) is 37.8 Å². The van der Waals surface area contributed by atoms with Gasteiger partial charge in [0, 0.05) is 6.54 Å². The number of nitrogens with zero attached hydrogens (tertiary/aromatic N) is 2. The molecule has 2 heterocycles. The van der Waals surface area contributed by atoms with Crippen molar-refractivity contribution in [1.82, 2.24) is 9.97 Å². The van der Waals surface area contributed by atoms with Gasteiger partial charge in [0.25, 0.3) is 0 Å². The van der Waals surface area contributed by atoms with Gasteiger partial charge < -0.3 is 5.32 Å². The van der Waals surface area contributed by atoms with Crippen molar-refractivity contribution in [2.75, 3.05) is 11.9 Å². The maximum Gasteiger partial charge on any atom is 0.147 e. The van der Waals surface area contributed by atoms with E-state index in [4.69, 9.17) is 0 Å². The van der Waals surface area contributed by atoms with E-state index >= 15 is 0 Å². The summed E-state index contributed by atoms with van der Waals surface area (Å²) in [6.45, 7) is 5.18. The van der Waals surface area contributed by atoms with E-state index in [1.165, 1.54) is 10.3 Å². The van der Waals surface area contributed by atoms with Crippen LogP contribution in [0.25, 0.3) is 10.2 Å². The Morgan fingerprint density at radius 2 is 2.29 bits per heavy atom. The van der Waals surface area contributed by atoms with E-state index in [0.29, 0.717) is 0 Å². The average Bonchev–Trinajstić information content (AvgIpc) is 2.58. The third-order valence-electron chi connectivity index (χ3n) is 2.07. The van der Waals surface area contributed by atoms with Crippen LogP contribution in [-0.2, 0) is 0 Å². The first-order valence-electron chi connectivity index (χ1n) is 4.75. The molecule has 0 aromatic carbocycles. The molecule has 0 bridgehead atoms. The van der Waals surface area contributed by atoms with Crippen LogP contribution in [0.4, 0.5) is 5.82 Å². The van der Waals surface area contributed by atoms with Crippen LogP contribution < -0.4 is 5.32 Å². The largest absolute Gasteiger partial charge is 0.369 e. The lowest BCUT2D eigenvalue weighted by Crippen LogP contribution is -2.01. The Hall–Kier alpha value is -1.16. The van der Waals surface area contributed by atoms with E-state index in [-0.39, 0.29) is 0 Å². The third-order valence-corrected chi connectivity index (χ3v) is 3.17. The Morgan fingerprint density at radius 3 is 3.07 bits per heavy atom. The van der Waals surface area contributed by atoms with Crippen LogP contribution in [0.5, 0.6) is 0 Å². The number of hydrogen-bond acceptors (Lipinski definition) is 4. The van der Waals surface area contributed by atoms with Crippen LogP contribution in [0.2, 0.25) is 0 Å². The fraction of sp³-hybridized carbons (Fsp3) is 0.400. The van der Waals surface area contributed by atoms with Gasteiger partial charge in [-0.05, 0) is 24.3 Å². The van der Waals surface area contributed by atoms with Crippen molar-refractivity contribution >= 4 is 27.4 Å². The van der Waals surface area contributed by atoms with Gasteiger partial charge in [-0.3, -0.25) is 0 Å². The van der Waals surface area contributed by atoms with E-state index in [2.05, 4.69) is 34.5 Å². The summed E-state index contributed by atoms with van der Waals surface area (Å²) in [6, 6.07) is 0. The molecule has 14 heavy (non-hydrogen) atoms. The second-order valence-corrected chi connectivity index (χ2v) is 4.13. The summed E-state index contributed by atoms with van der Waals surface area (Å²) in [7, 11) is 0. The minimum atomic E-state index is 0.961. The van der Waals surface area contributed by atoms with Gasteiger partial charge >= 0.3 is 0 Å². The highest BCUT2D eigenvalue weighted by molar-refractivity contribution is 7.17. The molecule has 74 valence electrons. The second-order valence-electron chi connectivity index (χ2n) is 3.25. The van der Waals surface area contributed by atoms with Gasteiger partial charge in [-0.25, -0.2) is 9.97 Å². The van der Waals surface area contributed by atoms with Crippen molar-refractivity contribution < 1.29 is 0 Å². The lowest BCUT2D eigenvalue weighted by Gasteiger charge is -2.03. The molecule has 0 fully saturated rings. The van der Waals surface area contributed by atoms with E-state index in [0.717, 1.165) is 24.3 Å². The summed E-state index contributed by atoms with van der Waals surface area (Å²) in [5.41, 5.74) is 2.30. The predicted octanol–water partition coefficient (Wildman–Crippen LogP) is 2.82. The zero-order valence-electron chi connectivity index (χ0n) is 8.37. The molecule has 2 aromatic heterocycles. The summed E-state index contributed by atoms with van der Waals surface area (Å²) in [5, 5.41) is 5.43. The molecule has 2 rings (SSSR count). The second kappa shape index (κ2) is 3.92. The maximum absolute atomic E-state index is 4.27. The normalized spacial score (nSPS) is 10.7. The number of nitrogens with one attached hydrogen (secondary N) is 1. The Balaban J connectivity index is 2.44. The van der Waals surface area contributed by atoms with E-state index in [9.17, 15) is 0 Å². The van der Waals surface area contributed by atoms with Crippen molar-refractivity contribution in [2.24, 2.45) is 0 Å². The van der Waals surface area contributed by atoms with Crippen molar-refractivity contribution in [3.8, 4) is 0 Å². The Bertz CT molecular complexity index is 436. The van der Waals surface area contributed by atoms with Crippen LogP contribution in [0.1, 0.15) is 18.9 Å². The highest BCUT2D eigenvalue weighted by Crippen LogP contribution is 2.28. The van der Waals surface area contributed by atoms with Crippen LogP contribution >= 0.6 is 11.3 Å². The number of aromatic nitrogens is 2. The fourth-order valence-electron chi connectivity index (χ4n) is 1.34. The Labute approximate surface area is 87.2 Å². The zero-order valence-corrected chi connectivity index (χ0v) is 9.19. The summed E-state index contributed by atoms with van der Waals surface area (Å²) in [5.74, 6) is 0.968. The molecule has 0 saturated heterocycles. The standard InChI is InChI=1S/C10H13N3S/c1-3-4-11-10-9-8(12-6-13-10)7(2)5-14-9/h5-6H,3-4H2,1-2H3,(H,11,12,13). The molecule has 0 unspecified atom stereocenters. The van der Waals surface area contributed by atoms with Gasteiger partial charge in [-0.1, -0.05) is 6.92 Å². The molecule has 1 N–H and O–H groups in total. The first-order valence-corrected chi connectivity index (χ1v) is 5.63. The first kappa shape index (κ1) is 9.40. The molecule has 2 aromatic rings. The van der Waals surface area contributed by atoms with Gasteiger partial charge in [-0.2, -0.15) is 0 Å². The van der Waals surface area contributed by atoms with Gasteiger partial charge in [0.1, 0.15) is 12.1 Å². The molecular formula is C10H13N3S. The highest BCUT2D eigenvalue weighted by atomic mass is 32.1. The molecule has 0 amide bonds. The molecular weight excluding hydrogens is 194 g/mol. The molecule has 0 atom stereocenters. The van der Waals surface area contributed by atoms with E-state index < -0.39 is 0 Å². The van der Waals surface area contributed by atoms with E-state index in [1.807, 2.05) is 0 Å². The van der Waals surface area contributed by atoms with Gasteiger partial charge in [-0.15, -0.1) is 11.3 Å². The Kier molecular flexibility index (Phi) is 2.63. The minimum absolute atomic E-state index is 0.961. The van der Waals surface area contributed by atoms with Crippen LogP contribution in [-0.4, -0.2) is 16.5 Å². The fourth-order valence-corrected chi connectivity index (χ4v) is 2.31. The number of thiophene rings is 1. The number of fused-ring (bicyclic) bond motifs is 1. The Morgan fingerprint density at radius 1 is 1.43 bits per heavy atom. The SMILES string of the molecule is CCCNc1ncnc2c(C)csc12. The molecule has 0 saturated carbocycles. The number of rotatable bonds is 3. The summed E-state index contributed by atoms with van der Waals surface area (Å²) < 4.78 is 1.17. The monoisotopic (exact) mass is 207 g/mol. The number of aryl methyl sites for hydroxylation is 1. The summed E-state index contributed by atoms with van der Waals surface area (Å²) >= 11 is 1.70. The van der Waals surface area contributed by atoms with Gasteiger partial charge in [0.2, 0.25) is 0 Å². The molecule has 4 heteroatoms. The third kappa shape index (κ3) is 1.57. The summed E-state index contributed by atoms with van der Waals surface area (Å²) in [4.78, 5) is 8.51. The van der Waals surface area contributed by atoms with Crippen molar-refractivity contribution in [2.45, 2.75) is 20.3 Å². The van der Waals surface area contributed by atoms with Gasteiger partial charge in [0.05, 0.1) is 10.2 Å². The summed E-state index contributed by atoms with van der Waals surface area (Å²) in [6.07, 6.45) is 2.73. The van der Waals surface area contributed by atoms with Crippen molar-refractivity contribution in [1.29, 1.82) is 0 Å².